The SMILES string of the molecule is CN(C)C(=O)C(Cc1ccccc1)CN1CCC2(CC1)C(=O)N(C)c1ccccc12. The molecule has 5 heteroatoms. The van der Waals surface area contributed by atoms with E-state index in [-0.39, 0.29) is 17.7 Å². The van der Waals surface area contributed by atoms with Crippen molar-refractivity contribution in [2.45, 2.75) is 24.7 Å². The van der Waals surface area contributed by atoms with Gasteiger partial charge >= 0.3 is 0 Å². The molecular weight excluding hydrogens is 374 g/mol. The van der Waals surface area contributed by atoms with Gasteiger partial charge in [0.25, 0.3) is 0 Å². The van der Waals surface area contributed by atoms with E-state index in [4.69, 9.17) is 0 Å². The minimum atomic E-state index is -0.400. The minimum absolute atomic E-state index is 0.0781. The molecule has 158 valence electrons. The van der Waals surface area contributed by atoms with Gasteiger partial charge in [0.2, 0.25) is 11.8 Å². The highest BCUT2D eigenvalue weighted by Crippen LogP contribution is 2.47. The maximum atomic E-state index is 13.2. The Morgan fingerprint density at radius 2 is 1.67 bits per heavy atom. The fraction of sp³-hybridized carbons (Fsp3) is 0.440. The number of nitrogens with zero attached hydrogens (tertiary/aromatic N) is 3. The van der Waals surface area contributed by atoms with Crippen molar-refractivity contribution in [2.24, 2.45) is 5.92 Å². The average molecular weight is 406 g/mol. The zero-order chi connectivity index (χ0) is 21.3. The third-order valence-corrected chi connectivity index (χ3v) is 6.80. The Morgan fingerprint density at radius 1 is 1.03 bits per heavy atom. The van der Waals surface area contributed by atoms with Crippen molar-refractivity contribution in [2.75, 3.05) is 45.7 Å². The first-order valence-corrected chi connectivity index (χ1v) is 10.8. The number of fused-ring (bicyclic) bond motifs is 2. The summed E-state index contributed by atoms with van der Waals surface area (Å²) in [5, 5.41) is 0. The minimum Gasteiger partial charge on any atom is -0.349 e. The van der Waals surface area contributed by atoms with Gasteiger partial charge in [0, 0.05) is 33.4 Å². The standard InChI is InChI=1S/C25H31N3O2/c1-26(2)23(29)20(17-19-9-5-4-6-10-19)18-28-15-13-25(14-16-28)21-11-7-8-12-22(21)27(3)24(25)30/h4-12,20H,13-18H2,1-3H3. The molecule has 0 bridgehead atoms. The number of anilines is 1. The molecule has 2 aliphatic heterocycles. The first-order valence-electron chi connectivity index (χ1n) is 10.8. The molecule has 2 aliphatic rings. The molecule has 0 N–H and O–H groups in total. The van der Waals surface area contributed by atoms with Crippen molar-refractivity contribution in [1.82, 2.24) is 9.80 Å². The molecule has 0 aromatic heterocycles. The summed E-state index contributed by atoms with van der Waals surface area (Å²) >= 11 is 0. The fourth-order valence-corrected chi connectivity index (χ4v) is 5.12. The van der Waals surface area contributed by atoms with Crippen LogP contribution in [0, 0.1) is 5.92 Å². The Bertz CT molecular complexity index is 917. The second kappa shape index (κ2) is 8.23. The van der Waals surface area contributed by atoms with Crippen LogP contribution in [0.15, 0.2) is 54.6 Å². The highest BCUT2D eigenvalue weighted by molar-refractivity contribution is 6.07. The van der Waals surface area contributed by atoms with Crippen molar-refractivity contribution >= 4 is 17.5 Å². The van der Waals surface area contributed by atoms with Gasteiger partial charge in [0.15, 0.2) is 0 Å². The summed E-state index contributed by atoms with van der Waals surface area (Å²) in [4.78, 5) is 31.9. The highest BCUT2D eigenvalue weighted by atomic mass is 16.2. The summed E-state index contributed by atoms with van der Waals surface area (Å²) in [7, 11) is 5.54. The lowest BCUT2D eigenvalue weighted by atomic mass is 9.73. The van der Waals surface area contributed by atoms with E-state index in [9.17, 15) is 9.59 Å². The molecule has 30 heavy (non-hydrogen) atoms. The summed E-state index contributed by atoms with van der Waals surface area (Å²) in [6.45, 7) is 2.40. The molecular formula is C25H31N3O2. The third-order valence-electron chi connectivity index (χ3n) is 6.80. The maximum Gasteiger partial charge on any atom is 0.237 e. The molecule has 1 fully saturated rings. The van der Waals surface area contributed by atoms with Gasteiger partial charge in [-0.1, -0.05) is 48.5 Å². The molecule has 1 unspecified atom stereocenters. The van der Waals surface area contributed by atoms with Crippen LogP contribution in [-0.4, -0.2) is 62.4 Å². The van der Waals surface area contributed by atoms with Crippen LogP contribution in [0.1, 0.15) is 24.0 Å². The summed E-state index contributed by atoms with van der Waals surface area (Å²) in [6, 6.07) is 18.4. The van der Waals surface area contributed by atoms with E-state index in [1.165, 1.54) is 11.1 Å². The predicted molar refractivity (Wildman–Crippen MR) is 120 cm³/mol. The third kappa shape index (κ3) is 3.63. The fourth-order valence-electron chi connectivity index (χ4n) is 5.12. The highest BCUT2D eigenvalue weighted by Gasteiger charge is 2.50. The van der Waals surface area contributed by atoms with Gasteiger partial charge in [0.1, 0.15) is 0 Å². The molecule has 2 aromatic rings. The number of piperidine rings is 1. The Hall–Kier alpha value is -2.66. The number of likely N-dealkylation sites (tertiary alicyclic amines) is 1. The lowest BCUT2D eigenvalue weighted by Gasteiger charge is -2.39. The van der Waals surface area contributed by atoms with Crippen LogP contribution in [0.2, 0.25) is 0 Å². The average Bonchev–Trinajstić information content (AvgIpc) is 2.97. The Kier molecular flexibility index (Phi) is 5.65. The zero-order valence-corrected chi connectivity index (χ0v) is 18.2. The van der Waals surface area contributed by atoms with Crippen LogP contribution in [0.5, 0.6) is 0 Å². The number of hydrogen-bond donors (Lipinski definition) is 0. The van der Waals surface area contributed by atoms with Crippen LogP contribution in [0.3, 0.4) is 0 Å². The predicted octanol–water partition coefficient (Wildman–Crippen LogP) is 2.94. The lowest BCUT2D eigenvalue weighted by Crippen LogP contribution is -2.50. The van der Waals surface area contributed by atoms with Crippen molar-refractivity contribution in [3.8, 4) is 0 Å². The van der Waals surface area contributed by atoms with Crippen LogP contribution in [-0.2, 0) is 21.4 Å². The quantitative estimate of drug-likeness (QED) is 0.768. The second-order valence-corrected chi connectivity index (χ2v) is 8.88. The van der Waals surface area contributed by atoms with Gasteiger partial charge in [-0.25, -0.2) is 0 Å². The number of para-hydroxylation sites is 1. The summed E-state index contributed by atoms with van der Waals surface area (Å²) < 4.78 is 0. The first kappa shape index (κ1) is 20.6. The molecule has 2 aromatic carbocycles. The Balaban J connectivity index is 1.48. The molecule has 1 spiro atoms. The maximum absolute atomic E-state index is 13.2. The number of hydrogen-bond acceptors (Lipinski definition) is 3. The van der Waals surface area contributed by atoms with E-state index in [0.717, 1.165) is 44.6 Å². The second-order valence-electron chi connectivity index (χ2n) is 8.88. The van der Waals surface area contributed by atoms with Crippen molar-refractivity contribution in [3.63, 3.8) is 0 Å². The molecule has 4 rings (SSSR count). The largest absolute Gasteiger partial charge is 0.349 e. The van der Waals surface area contributed by atoms with E-state index in [1.807, 2.05) is 62.4 Å². The molecule has 5 nitrogen and oxygen atoms in total. The van der Waals surface area contributed by atoms with E-state index >= 15 is 0 Å². The number of rotatable bonds is 5. The molecule has 0 saturated carbocycles. The van der Waals surface area contributed by atoms with Gasteiger partial charge in [-0.05, 0) is 49.5 Å². The monoisotopic (exact) mass is 405 g/mol. The number of benzene rings is 2. The molecule has 0 radical (unpaired) electrons. The normalized spacial score (nSPS) is 19.0. The lowest BCUT2D eigenvalue weighted by molar-refractivity contribution is -0.134. The molecule has 2 amide bonds. The van der Waals surface area contributed by atoms with Gasteiger partial charge in [-0.2, -0.15) is 0 Å². The molecule has 0 aliphatic carbocycles. The number of carbonyl (C=O) groups excluding carboxylic acids is 2. The number of likely N-dealkylation sites (N-methyl/N-ethyl adjacent to an activating group) is 1. The van der Waals surface area contributed by atoms with Crippen LogP contribution < -0.4 is 4.90 Å². The van der Waals surface area contributed by atoms with Crippen molar-refractivity contribution < 1.29 is 9.59 Å². The van der Waals surface area contributed by atoms with Gasteiger partial charge < -0.3 is 14.7 Å². The number of amides is 2. The van der Waals surface area contributed by atoms with Gasteiger partial charge in [0.05, 0.1) is 11.3 Å². The summed E-state index contributed by atoms with van der Waals surface area (Å²) in [5.74, 6) is 0.306. The molecule has 1 atom stereocenters. The van der Waals surface area contributed by atoms with E-state index in [2.05, 4.69) is 23.1 Å². The van der Waals surface area contributed by atoms with Crippen LogP contribution in [0.25, 0.3) is 0 Å². The van der Waals surface area contributed by atoms with E-state index in [1.54, 1.807) is 4.90 Å². The van der Waals surface area contributed by atoms with Crippen LogP contribution >= 0.6 is 0 Å². The van der Waals surface area contributed by atoms with Crippen LogP contribution in [0.4, 0.5) is 5.69 Å². The first-order chi connectivity index (χ1) is 14.4. The Labute approximate surface area is 179 Å². The smallest absolute Gasteiger partial charge is 0.237 e. The van der Waals surface area contributed by atoms with Gasteiger partial charge in [-0.15, -0.1) is 0 Å². The number of carbonyl (C=O) groups is 2. The van der Waals surface area contributed by atoms with E-state index < -0.39 is 5.41 Å². The molecule has 1 saturated heterocycles. The molecule has 2 heterocycles. The van der Waals surface area contributed by atoms with E-state index in [0.29, 0.717) is 0 Å². The van der Waals surface area contributed by atoms with Crippen molar-refractivity contribution in [3.05, 3.63) is 65.7 Å². The summed E-state index contributed by atoms with van der Waals surface area (Å²) in [6.07, 6.45) is 2.35. The topological polar surface area (TPSA) is 43.9 Å². The Morgan fingerprint density at radius 3 is 2.33 bits per heavy atom. The zero-order valence-electron chi connectivity index (χ0n) is 18.2. The summed E-state index contributed by atoms with van der Waals surface area (Å²) in [5.41, 5.74) is 3.00. The van der Waals surface area contributed by atoms with Gasteiger partial charge in [-0.3, -0.25) is 9.59 Å². The van der Waals surface area contributed by atoms with Crippen molar-refractivity contribution in [1.29, 1.82) is 0 Å².